The summed E-state index contributed by atoms with van der Waals surface area (Å²) in [6, 6.07) is 1.58. The molecule has 0 aromatic carbocycles. The van der Waals surface area contributed by atoms with Crippen molar-refractivity contribution in [2.45, 2.75) is 11.7 Å². The van der Waals surface area contributed by atoms with E-state index in [9.17, 15) is 14.4 Å². The number of nitrogens with zero attached hydrogens (tertiary/aromatic N) is 2. The number of thiophene rings is 1. The molecule has 1 saturated heterocycles. The molecule has 2 aliphatic rings. The molecule has 25 heavy (non-hydrogen) atoms. The highest BCUT2D eigenvalue weighted by Gasteiger charge is 2.33. The molecule has 0 aliphatic carbocycles. The second-order valence-electron chi connectivity index (χ2n) is 5.35. The maximum absolute atomic E-state index is 12.3. The summed E-state index contributed by atoms with van der Waals surface area (Å²) in [6.45, 7) is 2.59. The quantitative estimate of drug-likeness (QED) is 0.780. The fourth-order valence-corrected chi connectivity index (χ4v) is 4.33. The van der Waals surface area contributed by atoms with Gasteiger partial charge < -0.3 is 19.7 Å². The first-order chi connectivity index (χ1) is 12.1. The number of carbonyl (C=O) groups is 3. The minimum Gasteiger partial charge on any atom is -0.465 e. The summed E-state index contributed by atoms with van der Waals surface area (Å²) in [5.74, 6) is -1.15. The van der Waals surface area contributed by atoms with E-state index in [1.165, 1.54) is 30.2 Å². The van der Waals surface area contributed by atoms with Gasteiger partial charge in [0.1, 0.15) is 10.3 Å². The molecule has 2 amide bonds. The van der Waals surface area contributed by atoms with Crippen LogP contribution >= 0.6 is 23.1 Å². The van der Waals surface area contributed by atoms with Crippen LogP contribution in [0.15, 0.2) is 16.4 Å². The lowest BCUT2D eigenvalue weighted by atomic mass is 10.2. The van der Waals surface area contributed by atoms with Crippen LogP contribution in [0.3, 0.4) is 0 Å². The average Bonchev–Trinajstić information content (AvgIpc) is 3.22. The third-order valence-corrected chi connectivity index (χ3v) is 5.75. The molecule has 8 nitrogen and oxygen atoms in total. The zero-order valence-electron chi connectivity index (χ0n) is 13.5. The monoisotopic (exact) mass is 383 g/mol. The summed E-state index contributed by atoms with van der Waals surface area (Å²) in [7, 11) is 1.28. The van der Waals surface area contributed by atoms with Crippen LogP contribution in [-0.4, -0.2) is 66.5 Å². The Morgan fingerprint density at radius 3 is 2.92 bits per heavy atom. The van der Waals surface area contributed by atoms with Gasteiger partial charge in [-0.25, -0.2) is 4.79 Å². The topological polar surface area (TPSA) is 97.3 Å². The molecule has 2 aliphatic heterocycles. The molecule has 1 aromatic rings. The third-order valence-electron chi connectivity index (χ3n) is 3.70. The minimum absolute atomic E-state index is 0.000642. The van der Waals surface area contributed by atoms with E-state index >= 15 is 0 Å². The number of esters is 1. The van der Waals surface area contributed by atoms with Gasteiger partial charge in [0.15, 0.2) is 5.17 Å². The van der Waals surface area contributed by atoms with Crippen LogP contribution in [0.4, 0.5) is 5.00 Å². The van der Waals surface area contributed by atoms with Crippen LogP contribution < -0.4 is 5.32 Å². The highest BCUT2D eigenvalue weighted by atomic mass is 32.2. The lowest BCUT2D eigenvalue weighted by molar-refractivity contribution is -0.121. The van der Waals surface area contributed by atoms with E-state index in [1.807, 2.05) is 4.90 Å². The fourth-order valence-electron chi connectivity index (χ4n) is 2.42. The smallest absolute Gasteiger partial charge is 0.340 e. The van der Waals surface area contributed by atoms with E-state index in [2.05, 4.69) is 15.0 Å². The summed E-state index contributed by atoms with van der Waals surface area (Å²) in [5, 5.41) is 4.89. The van der Waals surface area contributed by atoms with Crippen LogP contribution in [0.25, 0.3) is 0 Å². The second-order valence-corrected chi connectivity index (χ2v) is 7.43. The Bertz CT molecular complexity index is 712. The Labute approximate surface area is 152 Å². The van der Waals surface area contributed by atoms with Gasteiger partial charge in [-0.3, -0.25) is 9.59 Å². The van der Waals surface area contributed by atoms with Crippen molar-refractivity contribution in [1.29, 1.82) is 0 Å². The number of anilines is 1. The van der Waals surface area contributed by atoms with E-state index in [1.54, 1.807) is 11.4 Å². The molecule has 1 aromatic heterocycles. The van der Waals surface area contributed by atoms with E-state index in [-0.39, 0.29) is 18.2 Å². The summed E-state index contributed by atoms with van der Waals surface area (Å²) in [6.07, 6.45) is -0.000642. The molecule has 0 spiro atoms. The van der Waals surface area contributed by atoms with Crippen molar-refractivity contribution in [3.63, 3.8) is 0 Å². The van der Waals surface area contributed by atoms with Gasteiger partial charge in [-0.15, -0.1) is 11.3 Å². The van der Waals surface area contributed by atoms with Crippen molar-refractivity contribution >= 4 is 51.1 Å². The highest BCUT2D eigenvalue weighted by Crippen LogP contribution is 2.29. The number of hydrogen-bond donors (Lipinski definition) is 1. The highest BCUT2D eigenvalue weighted by molar-refractivity contribution is 8.15. The van der Waals surface area contributed by atoms with Gasteiger partial charge in [0.25, 0.3) is 5.91 Å². The number of amidine groups is 1. The molecular weight excluding hydrogens is 366 g/mol. The fraction of sp³-hybridized carbons (Fsp3) is 0.467. The Morgan fingerprint density at radius 2 is 2.20 bits per heavy atom. The van der Waals surface area contributed by atoms with Gasteiger partial charge >= 0.3 is 5.97 Å². The number of carbonyl (C=O) groups excluding carboxylic acids is 3. The maximum atomic E-state index is 12.3. The minimum atomic E-state index is -0.542. The molecule has 0 unspecified atom stereocenters. The molecule has 134 valence electrons. The van der Waals surface area contributed by atoms with Crippen molar-refractivity contribution in [3.05, 3.63) is 17.0 Å². The molecular formula is C15H17N3O5S2. The van der Waals surface area contributed by atoms with Crippen LogP contribution in [0.1, 0.15) is 16.8 Å². The third kappa shape index (κ3) is 4.20. The van der Waals surface area contributed by atoms with Gasteiger partial charge in [-0.1, -0.05) is 11.8 Å². The van der Waals surface area contributed by atoms with Gasteiger partial charge in [-0.2, -0.15) is 4.99 Å². The lowest BCUT2D eigenvalue weighted by Crippen LogP contribution is -2.39. The first-order valence-corrected chi connectivity index (χ1v) is 9.42. The zero-order chi connectivity index (χ0) is 17.8. The Balaban J connectivity index is 1.56. The number of nitrogens with one attached hydrogen (secondary N) is 1. The molecule has 3 heterocycles. The SMILES string of the molecule is COC(=O)c1ccsc1NC(=O)C[C@H]1SC(N2CCOCC2)=NC1=O. The predicted molar refractivity (Wildman–Crippen MR) is 95.1 cm³/mol. The number of rotatable bonds is 4. The number of morpholine rings is 1. The van der Waals surface area contributed by atoms with E-state index in [4.69, 9.17) is 4.74 Å². The van der Waals surface area contributed by atoms with Gasteiger partial charge in [0.05, 0.1) is 25.9 Å². The van der Waals surface area contributed by atoms with Crippen LogP contribution in [0.2, 0.25) is 0 Å². The number of thioether (sulfide) groups is 1. The van der Waals surface area contributed by atoms with Crippen molar-refractivity contribution < 1.29 is 23.9 Å². The average molecular weight is 383 g/mol. The van der Waals surface area contributed by atoms with Crippen molar-refractivity contribution in [3.8, 4) is 0 Å². The largest absolute Gasteiger partial charge is 0.465 e. The number of methoxy groups -OCH3 is 1. The van der Waals surface area contributed by atoms with Crippen LogP contribution in [-0.2, 0) is 19.1 Å². The van der Waals surface area contributed by atoms with Gasteiger partial charge in [0, 0.05) is 19.5 Å². The first kappa shape index (κ1) is 17.9. The Hall–Kier alpha value is -1.91. The Morgan fingerprint density at radius 1 is 1.44 bits per heavy atom. The second kappa shape index (κ2) is 7.98. The predicted octanol–water partition coefficient (Wildman–Crippen LogP) is 1.19. The van der Waals surface area contributed by atoms with Crippen molar-refractivity contribution in [1.82, 2.24) is 4.90 Å². The van der Waals surface area contributed by atoms with Crippen LogP contribution in [0, 0.1) is 0 Å². The van der Waals surface area contributed by atoms with Crippen molar-refractivity contribution in [2.24, 2.45) is 4.99 Å². The molecule has 3 rings (SSSR count). The molecule has 1 atom stereocenters. The normalized spacial score (nSPS) is 20.4. The molecule has 0 bridgehead atoms. The first-order valence-electron chi connectivity index (χ1n) is 7.66. The summed E-state index contributed by atoms with van der Waals surface area (Å²) >= 11 is 2.53. The van der Waals surface area contributed by atoms with Gasteiger partial charge in [0.2, 0.25) is 5.91 Å². The summed E-state index contributed by atoms with van der Waals surface area (Å²) < 4.78 is 9.96. The van der Waals surface area contributed by atoms with E-state index < -0.39 is 11.2 Å². The number of hydrogen-bond acceptors (Lipinski definition) is 8. The summed E-state index contributed by atoms with van der Waals surface area (Å²) in [4.78, 5) is 42.0. The Kier molecular flexibility index (Phi) is 5.71. The lowest BCUT2D eigenvalue weighted by Gasteiger charge is -2.27. The van der Waals surface area contributed by atoms with Gasteiger partial charge in [-0.05, 0) is 11.4 Å². The van der Waals surface area contributed by atoms with Crippen LogP contribution in [0.5, 0.6) is 0 Å². The summed E-state index contributed by atoms with van der Waals surface area (Å²) in [5.41, 5.74) is 0.302. The number of amides is 2. The molecule has 10 heteroatoms. The molecule has 1 N–H and O–H groups in total. The molecule has 0 radical (unpaired) electrons. The van der Waals surface area contributed by atoms with Crippen molar-refractivity contribution in [2.75, 3.05) is 38.7 Å². The number of ether oxygens (including phenoxy) is 2. The zero-order valence-corrected chi connectivity index (χ0v) is 15.2. The number of aliphatic imine (C=N–C) groups is 1. The standard InChI is InChI=1S/C15H17N3O5S2/c1-22-14(21)9-2-7-24-13(9)16-11(19)8-10-12(20)17-15(25-10)18-3-5-23-6-4-18/h2,7,10H,3-6,8H2,1H3,(H,16,19)/t10-/m1/s1. The van der Waals surface area contributed by atoms with E-state index in [0.29, 0.717) is 42.0 Å². The molecule has 0 saturated carbocycles. The molecule has 1 fully saturated rings. The maximum Gasteiger partial charge on any atom is 0.340 e. The van der Waals surface area contributed by atoms with E-state index in [0.717, 1.165) is 0 Å².